The molecule has 5 nitrogen and oxygen atoms in total. The Morgan fingerprint density at radius 3 is 2.69 bits per heavy atom. The number of piperazine rings is 1. The molecule has 1 N–H and O–H groups in total. The summed E-state index contributed by atoms with van der Waals surface area (Å²) in [6.45, 7) is 4.83. The average molecular weight is 374 g/mol. The minimum Gasteiger partial charge on any atom is -0.340 e. The minimum atomic E-state index is -0.239. The number of hydrogen-bond acceptors (Lipinski definition) is 3. The second kappa shape index (κ2) is 7.64. The standard InChI is InChI=1S/C20H23N3O2.ClH/c1-14-12-22(10-9-21-14)20(25)16-11-19(24)23(13-16)18-8-4-6-15-5-2-3-7-17(15)18;/h2-8,14,16,21H,9-13H2,1H3;1H. The van der Waals surface area contributed by atoms with Crippen molar-refractivity contribution in [2.24, 2.45) is 5.92 Å². The highest BCUT2D eigenvalue weighted by atomic mass is 35.5. The number of nitrogens with zero attached hydrogens (tertiary/aromatic N) is 2. The van der Waals surface area contributed by atoms with Crippen LogP contribution in [0.4, 0.5) is 5.69 Å². The monoisotopic (exact) mass is 373 g/mol. The topological polar surface area (TPSA) is 52.7 Å². The molecule has 2 aliphatic rings. The number of benzene rings is 2. The lowest BCUT2D eigenvalue weighted by Crippen LogP contribution is -2.53. The van der Waals surface area contributed by atoms with E-state index in [-0.39, 0.29) is 30.1 Å². The largest absolute Gasteiger partial charge is 0.340 e. The third-order valence-electron chi connectivity index (χ3n) is 5.21. The van der Waals surface area contributed by atoms with Gasteiger partial charge in [0.25, 0.3) is 0 Å². The molecule has 138 valence electrons. The van der Waals surface area contributed by atoms with Gasteiger partial charge in [-0.1, -0.05) is 36.4 Å². The van der Waals surface area contributed by atoms with Crippen LogP contribution in [0.3, 0.4) is 0 Å². The molecule has 2 heterocycles. The molecule has 2 amide bonds. The number of nitrogens with one attached hydrogen (secondary N) is 1. The molecule has 0 aliphatic carbocycles. The Bertz CT molecular complexity index is 820. The zero-order valence-corrected chi connectivity index (χ0v) is 15.7. The second-order valence-corrected chi connectivity index (χ2v) is 7.04. The van der Waals surface area contributed by atoms with Gasteiger partial charge in [-0.05, 0) is 18.4 Å². The van der Waals surface area contributed by atoms with E-state index in [2.05, 4.69) is 12.2 Å². The van der Waals surface area contributed by atoms with Crippen LogP contribution in [-0.4, -0.2) is 48.9 Å². The lowest BCUT2D eigenvalue weighted by molar-refractivity contribution is -0.136. The lowest BCUT2D eigenvalue weighted by Gasteiger charge is -2.33. The molecule has 2 aliphatic heterocycles. The predicted octanol–water partition coefficient (Wildman–Crippen LogP) is 2.43. The molecular formula is C20H24ClN3O2. The van der Waals surface area contributed by atoms with E-state index >= 15 is 0 Å². The molecule has 0 aromatic heterocycles. The molecule has 2 fully saturated rings. The smallest absolute Gasteiger partial charge is 0.228 e. The van der Waals surface area contributed by atoms with E-state index in [0.29, 0.717) is 19.0 Å². The van der Waals surface area contributed by atoms with Gasteiger partial charge in [0.1, 0.15) is 0 Å². The molecule has 2 aromatic rings. The highest BCUT2D eigenvalue weighted by Crippen LogP contribution is 2.32. The first kappa shape index (κ1) is 18.7. The maximum absolute atomic E-state index is 12.9. The van der Waals surface area contributed by atoms with Crippen LogP contribution in [0.5, 0.6) is 0 Å². The fourth-order valence-electron chi connectivity index (χ4n) is 3.94. The molecule has 2 saturated heterocycles. The van der Waals surface area contributed by atoms with Crippen LogP contribution in [0.1, 0.15) is 13.3 Å². The Morgan fingerprint density at radius 1 is 1.12 bits per heavy atom. The molecule has 0 saturated carbocycles. The number of carbonyl (C=O) groups is 2. The van der Waals surface area contributed by atoms with Crippen molar-refractivity contribution < 1.29 is 9.59 Å². The second-order valence-electron chi connectivity index (χ2n) is 7.04. The summed E-state index contributed by atoms with van der Waals surface area (Å²) >= 11 is 0. The number of hydrogen-bond donors (Lipinski definition) is 1. The summed E-state index contributed by atoms with van der Waals surface area (Å²) in [5, 5.41) is 5.52. The molecule has 2 atom stereocenters. The summed E-state index contributed by atoms with van der Waals surface area (Å²) in [7, 11) is 0. The summed E-state index contributed by atoms with van der Waals surface area (Å²) in [6.07, 6.45) is 0.306. The third kappa shape index (κ3) is 3.41. The van der Waals surface area contributed by atoms with E-state index in [1.54, 1.807) is 4.90 Å². The van der Waals surface area contributed by atoms with Crippen LogP contribution in [-0.2, 0) is 9.59 Å². The van der Waals surface area contributed by atoms with Crippen molar-refractivity contribution in [3.8, 4) is 0 Å². The van der Waals surface area contributed by atoms with Gasteiger partial charge in [0.15, 0.2) is 0 Å². The molecule has 2 aromatic carbocycles. The summed E-state index contributed by atoms with van der Waals surface area (Å²) in [6, 6.07) is 14.4. The van der Waals surface area contributed by atoms with Gasteiger partial charge in [-0.25, -0.2) is 0 Å². The summed E-state index contributed by atoms with van der Waals surface area (Å²) in [4.78, 5) is 29.2. The first-order valence-electron chi connectivity index (χ1n) is 8.94. The van der Waals surface area contributed by atoms with Crippen LogP contribution >= 0.6 is 12.4 Å². The normalized spacial score (nSPS) is 23.2. The number of amides is 2. The van der Waals surface area contributed by atoms with E-state index in [4.69, 9.17) is 0 Å². The van der Waals surface area contributed by atoms with Gasteiger partial charge in [-0.15, -0.1) is 12.4 Å². The van der Waals surface area contributed by atoms with Gasteiger partial charge in [-0.2, -0.15) is 0 Å². The number of fused-ring (bicyclic) bond motifs is 1. The molecule has 4 rings (SSSR count). The highest BCUT2D eigenvalue weighted by molar-refractivity contribution is 6.07. The quantitative estimate of drug-likeness (QED) is 0.879. The fourth-order valence-corrected chi connectivity index (χ4v) is 3.94. The molecule has 0 radical (unpaired) electrons. The molecule has 2 unspecified atom stereocenters. The molecular weight excluding hydrogens is 350 g/mol. The first-order chi connectivity index (χ1) is 12.1. The molecule has 26 heavy (non-hydrogen) atoms. The van der Waals surface area contributed by atoms with Crippen molar-refractivity contribution in [1.29, 1.82) is 0 Å². The minimum absolute atomic E-state index is 0. The van der Waals surface area contributed by atoms with E-state index in [1.807, 2.05) is 47.4 Å². The van der Waals surface area contributed by atoms with Crippen LogP contribution in [0.2, 0.25) is 0 Å². The van der Waals surface area contributed by atoms with Crippen LogP contribution in [0.15, 0.2) is 42.5 Å². The van der Waals surface area contributed by atoms with Gasteiger partial charge in [-0.3, -0.25) is 9.59 Å². The third-order valence-corrected chi connectivity index (χ3v) is 5.21. The van der Waals surface area contributed by atoms with Gasteiger partial charge in [0.2, 0.25) is 11.8 Å². The van der Waals surface area contributed by atoms with Crippen molar-refractivity contribution in [2.75, 3.05) is 31.1 Å². The number of halogens is 1. The van der Waals surface area contributed by atoms with E-state index in [1.165, 1.54) is 0 Å². The van der Waals surface area contributed by atoms with E-state index in [0.717, 1.165) is 36.1 Å². The van der Waals surface area contributed by atoms with Crippen LogP contribution in [0.25, 0.3) is 10.8 Å². The summed E-state index contributed by atoms with van der Waals surface area (Å²) in [5.41, 5.74) is 0.909. The highest BCUT2D eigenvalue weighted by Gasteiger charge is 2.38. The average Bonchev–Trinajstić information content (AvgIpc) is 3.02. The van der Waals surface area contributed by atoms with Crippen molar-refractivity contribution >= 4 is 40.7 Å². The van der Waals surface area contributed by atoms with Crippen molar-refractivity contribution in [2.45, 2.75) is 19.4 Å². The van der Waals surface area contributed by atoms with Gasteiger partial charge < -0.3 is 15.1 Å². The Morgan fingerprint density at radius 2 is 1.88 bits per heavy atom. The van der Waals surface area contributed by atoms with Gasteiger partial charge in [0, 0.05) is 44.0 Å². The van der Waals surface area contributed by atoms with Gasteiger partial charge >= 0.3 is 0 Å². The van der Waals surface area contributed by atoms with Gasteiger partial charge in [0.05, 0.1) is 11.6 Å². The molecule has 6 heteroatoms. The molecule has 0 spiro atoms. The Kier molecular flexibility index (Phi) is 5.49. The Labute approximate surface area is 159 Å². The van der Waals surface area contributed by atoms with E-state index < -0.39 is 0 Å². The first-order valence-corrected chi connectivity index (χ1v) is 8.94. The predicted molar refractivity (Wildman–Crippen MR) is 106 cm³/mol. The lowest BCUT2D eigenvalue weighted by atomic mass is 10.1. The van der Waals surface area contributed by atoms with Crippen LogP contribution < -0.4 is 10.2 Å². The molecule has 0 bridgehead atoms. The van der Waals surface area contributed by atoms with E-state index in [9.17, 15) is 9.59 Å². The zero-order chi connectivity index (χ0) is 17.4. The zero-order valence-electron chi connectivity index (χ0n) is 14.9. The maximum Gasteiger partial charge on any atom is 0.228 e. The number of carbonyl (C=O) groups excluding carboxylic acids is 2. The number of anilines is 1. The van der Waals surface area contributed by atoms with Crippen LogP contribution in [0, 0.1) is 5.92 Å². The van der Waals surface area contributed by atoms with Crippen molar-refractivity contribution in [3.05, 3.63) is 42.5 Å². The maximum atomic E-state index is 12.9. The number of rotatable bonds is 2. The fraction of sp³-hybridized carbons (Fsp3) is 0.400. The SMILES string of the molecule is CC1CN(C(=O)C2CC(=O)N(c3cccc4ccccc34)C2)CCN1.Cl. The Balaban J connectivity index is 0.00000196. The Hall–Kier alpha value is -2.11. The summed E-state index contributed by atoms with van der Waals surface area (Å²) < 4.78 is 0. The van der Waals surface area contributed by atoms with Crippen molar-refractivity contribution in [1.82, 2.24) is 10.2 Å². The summed E-state index contributed by atoms with van der Waals surface area (Å²) in [5.74, 6) is -0.0842. The van der Waals surface area contributed by atoms with Crippen molar-refractivity contribution in [3.63, 3.8) is 0 Å².